The van der Waals surface area contributed by atoms with Crippen molar-refractivity contribution in [1.29, 1.82) is 10.5 Å². The van der Waals surface area contributed by atoms with Crippen LogP contribution >= 0.6 is 78.3 Å². The van der Waals surface area contributed by atoms with E-state index in [9.17, 15) is 34.1 Å². The van der Waals surface area contributed by atoms with Crippen molar-refractivity contribution < 1.29 is 53.1 Å². The molecule has 6 aromatic rings. The number of anilines is 3. The molecule has 440 valence electrons. The number of carbonyl (C=O) groups excluding carboxylic acids is 1. The molecule has 84 heavy (non-hydrogen) atoms. The molecule has 16 nitrogen and oxygen atoms in total. The second-order valence-corrected chi connectivity index (χ2v) is 23.6. The van der Waals surface area contributed by atoms with Gasteiger partial charge in [0, 0.05) is 48.6 Å². The molecule has 3 saturated carbocycles. The van der Waals surface area contributed by atoms with Gasteiger partial charge in [-0.25, -0.2) is 4.39 Å². The summed E-state index contributed by atoms with van der Waals surface area (Å²) in [6.07, 6.45) is 7.61. The molecule has 0 atom stereocenters. The molecule has 3 aliphatic carbocycles. The molecule has 0 aromatic heterocycles. The van der Waals surface area contributed by atoms with E-state index in [1.165, 1.54) is 50.7 Å². The number of carboxylic acid groups (broad SMARTS) is 3. The summed E-state index contributed by atoms with van der Waals surface area (Å²) < 4.78 is 33.3. The Morgan fingerprint density at radius 1 is 0.571 bits per heavy atom. The van der Waals surface area contributed by atoms with E-state index >= 15 is 0 Å². The van der Waals surface area contributed by atoms with Gasteiger partial charge in [0.05, 0.1) is 64.4 Å². The van der Waals surface area contributed by atoms with Gasteiger partial charge in [0.25, 0.3) is 5.91 Å². The van der Waals surface area contributed by atoms with Crippen LogP contribution in [0.4, 0.5) is 21.5 Å². The van der Waals surface area contributed by atoms with Gasteiger partial charge in [-0.15, -0.1) is 0 Å². The Labute approximate surface area is 521 Å². The second kappa shape index (κ2) is 31.3. The molecule has 0 unspecified atom stereocenters. The molecular weight excluding hydrogens is 1300 g/mol. The van der Waals surface area contributed by atoms with Crippen LogP contribution in [0.25, 0.3) is 0 Å². The standard InChI is InChI=1S/C21H19Cl2N3O4.C20H18Br2N2O3.C20H20Cl2FNO3/c22-17-6-15(21(29)26-10-19(27)28)7-18(23)20(17)30-11-14-3-13(8-24)4-16(5-14)25-9-12-1-2-12;21-17-6-13(8-19(25)26)7-18(22)20(17)27-11-15-3-14(9-23)4-16(5-15)24-10-12-1-2-12;21-15-8-13(6-7-18(25)26)9-16(22)20(15)27-11-14-2-1-3-17(19(14)23)24-10-12-4-5-12/h3-7,12,25H,1-2,9-11H2,(H,26,29)(H,27,28);3-7,12,24H,1-2,8,10-11H2,(H,25,26);1-3,8-9,12,24H,4-7,10-11H2,(H,25,26). The van der Waals surface area contributed by atoms with Crippen LogP contribution in [0.3, 0.4) is 0 Å². The maximum Gasteiger partial charge on any atom is 0.322 e. The molecule has 6 aromatic carbocycles. The predicted molar refractivity (Wildman–Crippen MR) is 327 cm³/mol. The van der Waals surface area contributed by atoms with Gasteiger partial charge in [-0.05, 0) is 196 Å². The molecule has 0 bridgehead atoms. The topological polar surface area (TPSA) is 252 Å². The van der Waals surface area contributed by atoms with E-state index in [0.29, 0.717) is 73.1 Å². The Morgan fingerprint density at radius 2 is 1.05 bits per heavy atom. The number of amides is 1. The lowest BCUT2D eigenvalue weighted by Gasteiger charge is -2.14. The normalized spacial score (nSPS) is 13.1. The van der Waals surface area contributed by atoms with Gasteiger partial charge in [0.15, 0.2) is 17.3 Å². The fourth-order valence-electron chi connectivity index (χ4n) is 8.18. The molecule has 3 aliphatic rings. The van der Waals surface area contributed by atoms with Gasteiger partial charge < -0.3 is 50.8 Å². The lowest BCUT2D eigenvalue weighted by molar-refractivity contribution is -0.137. The number of ether oxygens (including phenoxy) is 3. The number of benzene rings is 6. The summed E-state index contributed by atoms with van der Waals surface area (Å²) >= 11 is 31.7. The van der Waals surface area contributed by atoms with E-state index in [0.717, 1.165) is 48.1 Å². The molecule has 23 heteroatoms. The number of nitrogens with zero attached hydrogens (tertiary/aromatic N) is 2. The fraction of sp³-hybridized carbons (Fsp3) is 0.311. The number of halogens is 7. The third-order valence-electron chi connectivity index (χ3n) is 13.1. The third kappa shape index (κ3) is 21.0. The van der Waals surface area contributed by atoms with Crippen LogP contribution in [0.5, 0.6) is 17.2 Å². The van der Waals surface area contributed by atoms with Gasteiger partial charge in [-0.3, -0.25) is 19.2 Å². The highest BCUT2D eigenvalue weighted by Crippen LogP contribution is 2.39. The van der Waals surface area contributed by atoms with E-state index in [-0.39, 0.29) is 69.0 Å². The summed E-state index contributed by atoms with van der Waals surface area (Å²) in [5, 5.41) is 57.8. The smallest absolute Gasteiger partial charge is 0.322 e. The number of hydrogen-bond acceptors (Lipinski definition) is 12. The van der Waals surface area contributed by atoms with Crippen molar-refractivity contribution in [3.63, 3.8) is 0 Å². The number of nitriles is 2. The lowest BCUT2D eigenvalue weighted by atomic mass is 10.1. The lowest BCUT2D eigenvalue weighted by Crippen LogP contribution is -2.29. The third-order valence-corrected chi connectivity index (χ3v) is 15.4. The SMILES string of the molecule is N#Cc1cc(COc2c(Br)cc(CC(=O)O)cc2Br)cc(NCC2CC2)c1.N#Cc1cc(COc2c(Cl)cc(C(=O)NCC(=O)O)cc2Cl)cc(NCC2CC2)c1.O=C(O)CCc1cc(Cl)c(OCc2cccc(NCC3CC3)c2F)c(Cl)c1. The highest BCUT2D eigenvalue weighted by Gasteiger charge is 2.24. The summed E-state index contributed by atoms with van der Waals surface area (Å²) in [5.41, 5.74) is 6.89. The van der Waals surface area contributed by atoms with Gasteiger partial charge in [-0.1, -0.05) is 58.5 Å². The van der Waals surface area contributed by atoms with Crippen LogP contribution in [-0.2, 0) is 47.0 Å². The van der Waals surface area contributed by atoms with E-state index < -0.39 is 30.4 Å². The van der Waals surface area contributed by atoms with Crippen molar-refractivity contribution in [3.8, 4) is 29.4 Å². The highest BCUT2D eigenvalue weighted by atomic mass is 79.9. The summed E-state index contributed by atoms with van der Waals surface area (Å²) in [7, 11) is 0. The van der Waals surface area contributed by atoms with Crippen LogP contribution in [-0.4, -0.2) is 65.3 Å². The molecular formula is C61H57Br2Cl4FN6O10. The summed E-state index contributed by atoms with van der Waals surface area (Å²) in [5.74, 6) is -0.770. The average molecular weight is 1350 g/mol. The first kappa shape index (κ1) is 64.6. The number of carbonyl (C=O) groups is 4. The molecule has 1 amide bonds. The van der Waals surface area contributed by atoms with Gasteiger partial charge in [0.1, 0.15) is 32.1 Å². The number of hydrogen-bond donors (Lipinski definition) is 7. The zero-order chi connectivity index (χ0) is 60.5. The maximum absolute atomic E-state index is 14.6. The number of aliphatic carboxylic acids is 3. The summed E-state index contributed by atoms with van der Waals surface area (Å²) in [6.45, 7) is 2.46. The molecule has 7 N–H and O–H groups in total. The van der Waals surface area contributed by atoms with Gasteiger partial charge in [0.2, 0.25) is 0 Å². The number of aryl methyl sites for hydroxylation is 1. The molecule has 0 spiro atoms. The molecule has 0 heterocycles. The second-order valence-electron chi connectivity index (χ2n) is 20.3. The fourth-order valence-corrected chi connectivity index (χ4v) is 10.9. The van der Waals surface area contributed by atoms with Crippen molar-refractivity contribution in [2.24, 2.45) is 17.8 Å². The van der Waals surface area contributed by atoms with Crippen molar-refractivity contribution in [2.45, 2.75) is 77.6 Å². The molecule has 0 aliphatic heterocycles. The van der Waals surface area contributed by atoms with Crippen LogP contribution < -0.4 is 35.5 Å². The first-order chi connectivity index (χ1) is 40.2. The van der Waals surface area contributed by atoms with E-state index in [1.54, 1.807) is 54.6 Å². The Balaban J connectivity index is 0.000000181. The zero-order valence-electron chi connectivity index (χ0n) is 44.9. The van der Waals surface area contributed by atoms with Crippen LogP contribution in [0, 0.1) is 46.2 Å². The first-order valence-electron chi connectivity index (χ1n) is 26.6. The van der Waals surface area contributed by atoms with E-state index in [2.05, 4.69) is 65.3 Å². The number of nitrogens with one attached hydrogen (secondary N) is 4. The van der Waals surface area contributed by atoms with Crippen molar-refractivity contribution in [3.05, 3.63) is 170 Å². The minimum atomic E-state index is -1.16. The van der Waals surface area contributed by atoms with Crippen LogP contribution in [0.1, 0.15) is 94.2 Å². The Bertz CT molecular complexity index is 3410. The first-order valence-corrected chi connectivity index (χ1v) is 29.7. The average Bonchev–Trinajstić information content (AvgIpc) is 4.43. The Kier molecular flexibility index (Phi) is 24.0. The molecule has 0 radical (unpaired) electrons. The quantitative estimate of drug-likeness (QED) is 0.0267. The monoisotopic (exact) mass is 1350 g/mol. The number of rotatable bonds is 26. The zero-order valence-corrected chi connectivity index (χ0v) is 51.1. The maximum atomic E-state index is 14.6. The molecule has 3 fully saturated rings. The predicted octanol–water partition coefficient (Wildman–Crippen LogP) is 14.7. The Morgan fingerprint density at radius 3 is 1.51 bits per heavy atom. The van der Waals surface area contributed by atoms with Crippen molar-refractivity contribution in [1.82, 2.24) is 5.32 Å². The molecule has 9 rings (SSSR count). The number of carboxylic acids is 3. The highest BCUT2D eigenvalue weighted by molar-refractivity contribution is 9.11. The largest absolute Gasteiger partial charge is 0.487 e. The minimum Gasteiger partial charge on any atom is -0.487 e. The van der Waals surface area contributed by atoms with E-state index in [4.69, 9.17) is 75.9 Å². The van der Waals surface area contributed by atoms with Crippen LogP contribution in [0.15, 0.2) is 99.9 Å². The van der Waals surface area contributed by atoms with Crippen LogP contribution in [0.2, 0.25) is 20.1 Å². The van der Waals surface area contributed by atoms with E-state index in [1.807, 2.05) is 24.3 Å². The minimum absolute atomic E-state index is 0.0152. The van der Waals surface area contributed by atoms with Gasteiger partial charge >= 0.3 is 17.9 Å². The molecule has 0 saturated heterocycles. The van der Waals surface area contributed by atoms with Crippen molar-refractivity contribution in [2.75, 3.05) is 42.1 Å². The summed E-state index contributed by atoms with van der Waals surface area (Å²) in [4.78, 5) is 44.1. The van der Waals surface area contributed by atoms with Crippen molar-refractivity contribution >= 4 is 119 Å². The van der Waals surface area contributed by atoms with Gasteiger partial charge in [-0.2, -0.15) is 10.5 Å². The Hall–Kier alpha value is -6.97. The summed E-state index contributed by atoms with van der Waals surface area (Å²) in [6, 6.07) is 29.9.